The van der Waals surface area contributed by atoms with Crippen molar-refractivity contribution in [3.63, 3.8) is 0 Å². The Morgan fingerprint density at radius 1 is 1.26 bits per heavy atom. The highest BCUT2D eigenvalue weighted by atomic mass is 16.3. The van der Waals surface area contributed by atoms with Crippen LogP contribution in [0.5, 0.6) is 0 Å². The van der Waals surface area contributed by atoms with Crippen molar-refractivity contribution < 1.29 is 14.0 Å². The molecule has 2 aliphatic rings. The molecule has 2 aromatic heterocycles. The van der Waals surface area contributed by atoms with Gasteiger partial charge in [-0.15, -0.1) is 0 Å². The van der Waals surface area contributed by atoms with Crippen molar-refractivity contribution >= 4 is 11.8 Å². The van der Waals surface area contributed by atoms with Crippen molar-refractivity contribution in [1.29, 1.82) is 0 Å². The van der Waals surface area contributed by atoms with Gasteiger partial charge in [0.2, 0.25) is 5.91 Å². The largest absolute Gasteiger partial charge is 0.467 e. The number of nitrogens with zero attached hydrogens (tertiary/aromatic N) is 2. The summed E-state index contributed by atoms with van der Waals surface area (Å²) < 4.78 is 5.20. The minimum absolute atomic E-state index is 0.0354. The average molecular weight is 370 g/mol. The molecule has 142 valence electrons. The highest BCUT2D eigenvalue weighted by Crippen LogP contribution is 2.37. The van der Waals surface area contributed by atoms with Gasteiger partial charge in [-0.1, -0.05) is 0 Å². The number of aromatic nitrogens is 2. The molecule has 1 aliphatic heterocycles. The Morgan fingerprint density at radius 3 is 2.67 bits per heavy atom. The first kappa shape index (κ1) is 17.5. The van der Waals surface area contributed by atoms with Gasteiger partial charge in [0.15, 0.2) is 0 Å². The van der Waals surface area contributed by atoms with Gasteiger partial charge in [-0.25, -0.2) is 4.98 Å². The van der Waals surface area contributed by atoms with E-state index in [9.17, 15) is 14.4 Å². The topological polar surface area (TPSA) is 108 Å². The second-order valence-corrected chi connectivity index (χ2v) is 7.15. The van der Waals surface area contributed by atoms with E-state index < -0.39 is 0 Å². The van der Waals surface area contributed by atoms with E-state index in [1.54, 1.807) is 17.2 Å². The number of furan rings is 1. The summed E-state index contributed by atoms with van der Waals surface area (Å²) in [6, 6.07) is 3.58. The zero-order valence-corrected chi connectivity index (χ0v) is 14.9. The summed E-state index contributed by atoms with van der Waals surface area (Å²) in [6.07, 6.45) is 6.16. The number of likely N-dealkylation sites (tertiary alicyclic amines) is 1. The summed E-state index contributed by atoms with van der Waals surface area (Å²) in [7, 11) is 0. The number of hydrogen-bond donors (Lipinski definition) is 2. The fourth-order valence-corrected chi connectivity index (χ4v) is 3.37. The molecule has 27 heavy (non-hydrogen) atoms. The van der Waals surface area contributed by atoms with Gasteiger partial charge in [0, 0.05) is 31.1 Å². The Morgan fingerprint density at radius 2 is 2.04 bits per heavy atom. The van der Waals surface area contributed by atoms with E-state index >= 15 is 0 Å². The third kappa shape index (κ3) is 3.94. The monoisotopic (exact) mass is 370 g/mol. The van der Waals surface area contributed by atoms with E-state index in [-0.39, 0.29) is 28.9 Å². The second-order valence-electron chi connectivity index (χ2n) is 7.15. The lowest BCUT2D eigenvalue weighted by Gasteiger charge is -2.31. The summed E-state index contributed by atoms with van der Waals surface area (Å²) in [6.45, 7) is 1.25. The van der Waals surface area contributed by atoms with Crippen LogP contribution in [0.1, 0.15) is 53.5 Å². The average Bonchev–Trinajstić information content (AvgIpc) is 3.41. The van der Waals surface area contributed by atoms with Crippen molar-refractivity contribution in [2.45, 2.75) is 38.1 Å². The van der Waals surface area contributed by atoms with Crippen LogP contribution in [-0.2, 0) is 11.3 Å². The lowest BCUT2D eigenvalue weighted by molar-refractivity contribution is -0.126. The molecule has 0 bridgehead atoms. The van der Waals surface area contributed by atoms with Gasteiger partial charge < -0.3 is 19.6 Å². The van der Waals surface area contributed by atoms with Gasteiger partial charge in [-0.2, -0.15) is 0 Å². The van der Waals surface area contributed by atoms with Crippen LogP contribution in [0.3, 0.4) is 0 Å². The van der Waals surface area contributed by atoms with Gasteiger partial charge in [0.25, 0.3) is 11.5 Å². The van der Waals surface area contributed by atoms with Crippen molar-refractivity contribution in [2.24, 2.45) is 5.92 Å². The molecule has 2 fully saturated rings. The predicted octanol–water partition coefficient (Wildman–Crippen LogP) is 1.41. The van der Waals surface area contributed by atoms with Crippen LogP contribution < -0.4 is 10.9 Å². The standard InChI is InChI=1S/C19H22N4O4/c24-17(21-10-14-2-1-9-27-14)13-5-7-23(8-6-13)19(26)15-11-20-16(12-3-4-12)22-18(15)25/h1-2,9,11-13H,3-8,10H2,(H,21,24)(H,20,22,25). The Balaban J connectivity index is 1.31. The normalized spacial score (nSPS) is 17.7. The number of nitrogens with one attached hydrogen (secondary N) is 2. The first-order valence-electron chi connectivity index (χ1n) is 9.30. The molecule has 2 amide bonds. The molecule has 2 aromatic rings. The Bertz CT molecular complexity index is 877. The molecule has 8 nitrogen and oxygen atoms in total. The molecule has 0 aromatic carbocycles. The Labute approximate surface area is 156 Å². The third-order valence-corrected chi connectivity index (χ3v) is 5.18. The zero-order chi connectivity index (χ0) is 18.8. The lowest BCUT2D eigenvalue weighted by Crippen LogP contribution is -2.44. The molecular weight excluding hydrogens is 348 g/mol. The number of H-pyrrole nitrogens is 1. The molecule has 0 unspecified atom stereocenters. The number of piperidine rings is 1. The first-order valence-corrected chi connectivity index (χ1v) is 9.30. The van der Waals surface area contributed by atoms with E-state index in [4.69, 9.17) is 4.42 Å². The van der Waals surface area contributed by atoms with Crippen LogP contribution in [0.25, 0.3) is 0 Å². The number of hydrogen-bond acceptors (Lipinski definition) is 5. The molecule has 1 saturated heterocycles. The zero-order valence-electron chi connectivity index (χ0n) is 14.9. The van der Waals surface area contributed by atoms with Gasteiger partial charge >= 0.3 is 0 Å². The van der Waals surface area contributed by atoms with Crippen molar-refractivity contribution in [1.82, 2.24) is 20.2 Å². The van der Waals surface area contributed by atoms with Gasteiger partial charge in [-0.05, 0) is 37.8 Å². The van der Waals surface area contributed by atoms with E-state index in [1.165, 1.54) is 6.20 Å². The third-order valence-electron chi connectivity index (χ3n) is 5.18. The highest BCUT2D eigenvalue weighted by Gasteiger charge is 2.30. The maximum Gasteiger partial charge on any atom is 0.263 e. The van der Waals surface area contributed by atoms with Crippen LogP contribution in [-0.4, -0.2) is 39.8 Å². The summed E-state index contributed by atoms with van der Waals surface area (Å²) in [5.74, 6) is 1.21. The first-order chi connectivity index (χ1) is 13.1. The fourth-order valence-electron chi connectivity index (χ4n) is 3.37. The van der Waals surface area contributed by atoms with E-state index in [1.807, 2.05) is 6.07 Å². The second kappa shape index (κ2) is 7.38. The number of rotatable bonds is 5. The molecule has 0 spiro atoms. The molecule has 4 rings (SSSR count). The van der Waals surface area contributed by atoms with Gasteiger partial charge in [0.1, 0.15) is 17.1 Å². The van der Waals surface area contributed by atoms with Crippen LogP contribution in [0.2, 0.25) is 0 Å². The Hall–Kier alpha value is -2.90. The maximum absolute atomic E-state index is 12.6. The highest BCUT2D eigenvalue weighted by molar-refractivity contribution is 5.93. The van der Waals surface area contributed by atoms with E-state index in [2.05, 4.69) is 15.3 Å². The van der Waals surface area contributed by atoms with Crippen LogP contribution >= 0.6 is 0 Å². The van der Waals surface area contributed by atoms with Crippen molar-refractivity contribution in [2.75, 3.05) is 13.1 Å². The number of aromatic amines is 1. The van der Waals surface area contributed by atoms with Crippen LogP contribution in [0.15, 0.2) is 33.8 Å². The minimum atomic E-state index is -0.379. The fraction of sp³-hybridized carbons (Fsp3) is 0.474. The molecular formula is C19H22N4O4. The molecule has 3 heterocycles. The number of amides is 2. The molecule has 1 saturated carbocycles. The summed E-state index contributed by atoms with van der Waals surface area (Å²) in [5.41, 5.74) is -0.310. The summed E-state index contributed by atoms with van der Waals surface area (Å²) in [4.78, 5) is 45.7. The summed E-state index contributed by atoms with van der Waals surface area (Å²) >= 11 is 0. The van der Waals surface area contributed by atoms with Crippen molar-refractivity contribution in [3.8, 4) is 0 Å². The van der Waals surface area contributed by atoms with Crippen LogP contribution in [0, 0.1) is 5.92 Å². The van der Waals surface area contributed by atoms with E-state index in [0.717, 1.165) is 12.8 Å². The summed E-state index contributed by atoms with van der Waals surface area (Å²) in [5, 5.41) is 2.86. The SMILES string of the molecule is O=C(NCc1ccco1)C1CCN(C(=O)c2cnc(C3CC3)[nH]c2=O)CC1. The molecule has 0 radical (unpaired) electrons. The Kier molecular flexibility index (Phi) is 4.79. The molecule has 8 heteroatoms. The van der Waals surface area contributed by atoms with Gasteiger partial charge in [0.05, 0.1) is 12.8 Å². The number of carbonyl (C=O) groups excluding carboxylic acids is 2. The molecule has 0 atom stereocenters. The maximum atomic E-state index is 12.6. The van der Waals surface area contributed by atoms with Crippen LogP contribution in [0.4, 0.5) is 0 Å². The smallest absolute Gasteiger partial charge is 0.263 e. The van der Waals surface area contributed by atoms with Gasteiger partial charge in [-0.3, -0.25) is 14.4 Å². The predicted molar refractivity (Wildman–Crippen MR) is 96.0 cm³/mol. The minimum Gasteiger partial charge on any atom is -0.467 e. The number of carbonyl (C=O) groups is 2. The quantitative estimate of drug-likeness (QED) is 0.827. The molecule has 2 N–H and O–H groups in total. The lowest BCUT2D eigenvalue weighted by atomic mass is 9.95. The molecule has 1 aliphatic carbocycles. The van der Waals surface area contributed by atoms with E-state index in [0.29, 0.717) is 50.0 Å². The van der Waals surface area contributed by atoms with Crippen molar-refractivity contribution in [3.05, 3.63) is 52.1 Å².